The molecule has 0 aromatic rings. The van der Waals surface area contributed by atoms with Crippen LogP contribution in [0.15, 0.2) is 12.2 Å². The van der Waals surface area contributed by atoms with Gasteiger partial charge in [-0.2, -0.15) is 5.26 Å². The maximum absolute atomic E-state index is 8.42. The van der Waals surface area contributed by atoms with Crippen LogP contribution in [-0.4, -0.2) is 24.5 Å². The minimum Gasteiger partial charge on any atom is -0.299 e. The van der Waals surface area contributed by atoms with Gasteiger partial charge < -0.3 is 0 Å². The first kappa shape index (κ1) is 10.2. The number of hydrogen-bond acceptors (Lipinski definition) is 2. The van der Waals surface area contributed by atoms with Gasteiger partial charge in [-0.15, -0.1) is 0 Å². The van der Waals surface area contributed by atoms with Crippen molar-refractivity contribution >= 4 is 0 Å². The summed E-state index contributed by atoms with van der Waals surface area (Å²) in [4.78, 5) is 2.16. The Labute approximate surface area is 69.1 Å². The first-order chi connectivity index (χ1) is 5.22. The van der Waals surface area contributed by atoms with Crippen molar-refractivity contribution in [1.82, 2.24) is 4.90 Å². The van der Waals surface area contributed by atoms with Crippen LogP contribution in [0.1, 0.15) is 20.3 Å². The molecule has 11 heavy (non-hydrogen) atoms. The van der Waals surface area contributed by atoms with Crippen LogP contribution >= 0.6 is 0 Å². The third kappa shape index (κ3) is 4.58. The molecule has 1 unspecified atom stereocenters. The fourth-order valence-electron chi connectivity index (χ4n) is 0.740. The average Bonchev–Trinajstić information content (AvgIpc) is 2.00. The van der Waals surface area contributed by atoms with Gasteiger partial charge in [0.25, 0.3) is 0 Å². The summed E-state index contributed by atoms with van der Waals surface area (Å²) in [6.45, 7) is 4.99. The van der Waals surface area contributed by atoms with Gasteiger partial charge in [-0.1, -0.05) is 12.2 Å². The Morgan fingerprint density at radius 3 is 2.73 bits per heavy atom. The molecule has 2 nitrogen and oxygen atoms in total. The van der Waals surface area contributed by atoms with E-state index < -0.39 is 0 Å². The van der Waals surface area contributed by atoms with E-state index in [2.05, 4.69) is 24.0 Å². The van der Waals surface area contributed by atoms with Gasteiger partial charge in [0, 0.05) is 12.6 Å². The van der Waals surface area contributed by atoms with Crippen molar-refractivity contribution in [2.45, 2.75) is 26.3 Å². The molecule has 0 fully saturated rings. The van der Waals surface area contributed by atoms with Gasteiger partial charge >= 0.3 is 0 Å². The van der Waals surface area contributed by atoms with Crippen molar-refractivity contribution < 1.29 is 0 Å². The van der Waals surface area contributed by atoms with E-state index in [1.54, 1.807) is 0 Å². The van der Waals surface area contributed by atoms with E-state index in [0.717, 1.165) is 6.54 Å². The number of nitrogens with zero attached hydrogens (tertiary/aromatic N) is 2. The minimum absolute atomic E-state index is 0.358. The molecule has 0 aliphatic rings. The van der Waals surface area contributed by atoms with Crippen LogP contribution < -0.4 is 0 Å². The van der Waals surface area contributed by atoms with Gasteiger partial charge in [-0.25, -0.2) is 0 Å². The summed E-state index contributed by atoms with van der Waals surface area (Å²) in [6.07, 6.45) is 4.72. The van der Waals surface area contributed by atoms with Crippen LogP contribution in [0.3, 0.4) is 0 Å². The van der Waals surface area contributed by atoms with Crippen molar-refractivity contribution in [2.24, 2.45) is 0 Å². The molecule has 0 bridgehead atoms. The standard InChI is InChI=1S/C9H16N2/c1-4-5-8-11(3)9(2)6-7-10/h4-5,9H,6,8H2,1-3H3. The highest BCUT2D eigenvalue weighted by molar-refractivity contribution is 4.84. The Hall–Kier alpha value is -0.810. The molecule has 0 aliphatic carbocycles. The van der Waals surface area contributed by atoms with Gasteiger partial charge in [0.15, 0.2) is 0 Å². The third-order valence-electron chi connectivity index (χ3n) is 1.77. The highest BCUT2D eigenvalue weighted by Crippen LogP contribution is 1.98. The zero-order valence-corrected chi connectivity index (χ0v) is 7.54. The number of hydrogen-bond donors (Lipinski definition) is 0. The van der Waals surface area contributed by atoms with Crippen molar-refractivity contribution in [3.05, 3.63) is 12.2 Å². The first-order valence-electron chi connectivity index (χ1n) is 3.90. The SMILES string of the molecule is CC=CCN(C)C(C)CC#N. The van der Waals surface area contributed by atoms with E-state index in [0.29, 0.717) is 12.5 Å². The summed E-state index contributed by atoms with van der Waals surface area (Å²) < 4.78 is 0. The molecule has 0 aliphatic heterocycles. The van der Waals surface area contributed by atoms with Gasteiger partial charge in [-0.05, 0) is 20.9 Å². The lowest BCUT2D eigenvalue weighted by Gasteiger charge is -2.20. The van der Waals surface area contributed by atoms with Crippen LogP contribution in [0, 0.1) is 11.3 Å². The fraction of sp³-hybridized carbons (Fsp3) is 0.667. The lowest BCUT2D eigenvalue weighted by Crippen LogP contribution is -2.28. The second-order valence-corrected chi connectivity index (χ2v) is 2.72. The molecule has 2 heteroatoms. The van der Waals surface area contributed by atoms with Crippen LogP contribution in [0.2, 0.25) is 0 Å². The Morgan fingerprint density at radius 2 is 2.27 bits per heavy atom. The molecule has 0 radical (unpaired) electrons. The summed E-state index contributed by atoms with van der Waals surface area (Å²) in [5.41, 5.74) is 0. The number of likely N-dealkylation sites (N-methyl/N-ethyl adjacent to an activating group) is 1. The zero-order valence-electron chi connectivity index (χ0n) is 7.54. The lowest BCUT2D eigenvalue weighted by atomic mass is 10.2. The Morgan fingerprint density at radius 1 is 1.64 bits per heavy atom. The molecule has 0 rings (SSSR count). The van der Waals surface area contributed by atoms with E-state index >= 15 is 0 Å². The summed E-state index contributed by atoms with van der Waals surface area (Å²) in [5.74, 6) is 0. The largest absolute Gasteiger partial charge is 0.299 e. The molecule has 62 valence electrons. The first-order valence-corrected chi connectivity index (χ1v) is 3.90. The maximum atomic E-state index is 8.42. The molecule has 0 amide bonds. The quantitative estimate of drug-likeness (QED) is 0.574. The highest BCUT2D eigenvalue weighted by Gasteiger charge is 2.05. The van der Waals surface area contributed by atoms with E-state index in [1.807, 2.05) is 20.0 Å². The molecular formula is C9H16N2. The van der Waals surface area contributed by atoms with Gasteiger partial charge in [0.1, 0.15) is 0 Å². The van der Waals surface area contributed by atoms with Crippen molar-refractivity contribution in [1.29, 1.82) is 5.26 Å². The minimum atomic E-state index is 0.358. The molecule has 0 saturated heterocycles. The summed E-state index contributed by atoms with van der Waals surface area (Å²) >= 11 is 0. The molecule has 0 aromatic heterocycles. The monoisotopic (exact) mass is 152 g/mol. The molecule has 0 spiro atoms. The predicted octanol–water partition coefficient (Wildman–Crippen LogP) is 1.80. The average molecular weight is 152 g/mol. The number of allylic oxidation sites excluding steroid dienone is 1. The molecule has 0 heterocycles. The molecule has 0 saturated carbocycles. The Kier molecular flexibility index (Phi) is 5.50. The van der Waals surface area contributed by atoms with E-state index in [4.69, 9.17) is 5.26 Å². The van der Waals surface area contributed by atoms with Gasteiger partial charge in [0.2, 0.25) is 0 Å². The second kappa shape index (κ2) is 5.94. The number of nitriles is 1. The molecular weight excluding hydrogens is 136 g/mol. The van der Waals surface area contributed by atoms with Crippen LogP contribution in [0.4, 0.5) is 0 Å². The van der Waals surface area contributed by atoms with Crippen molar-refractivity contribution in [3.8, 4) is 6.07 Å². The lowest BCUT2D eigenvalue weighted by molar-refractivity contribution is 0.288. The van der Waals surface area contributed by atoms with E-state index in [-0.39, 0.29) is 0 Å². The zero-order chi connectivity index (χ0) is 8.69. The van der Waals surface area contributed by atoms with Gasteiger partial charge in [-0.3, -0.25) is 4.90 Å². The smallest absolute Gasteiger partial charge is 0.0638 e. The Balaban J connectivity index is 3.65. The topological polar surface area (TPSA) is 27.0 Å². The van der Waals surface area contributed by atoms with Crippen LogP contribution in [0.25, 0.3) is 0 Å². The fourth-order valence-corrected chi connectivity index (χ4v) is 0.740. The highest BCUT2D eigenvalue weighted by atomic mass is 15.1. The van der Waals surface area contributed by atoms with Gasteiger partial charge in [0.05, 0.1) is 12.5 Å². The van der Waals surface area contributed by atoms with E-state index in [1.165, 1.54) is 0 Å². The summed E-state index contributed by atoms with van der Waals surface area (Å²) in [7, 11) is 2.03. The normalized spacial score (nSPS) is 13.7. The van der Waals surface area contributed by atoms with Crippen LogP contribution in [0.5, 0.6) is 0 Å². The molecule has 1 atom stereocenters. The molecule has 0 aromatic carbocycles. The summed E-state index contributed by atoms with van der Waals surface area (Å²) in [5, 5.41) is 8.42. The predicted molar refractivity (Wildman–Crippen MR) is 47.1 cm³/mol. The Bertz CT molecular complexity index is 155. The maximum Gasteiger partial charge on any atom is 0.0638 e. The molecule has 0 N–H and O–H groups in total. The summed E-state index contributed by atoms with van der Waals surface area (Å²) in [6, 6.07) is 2.52. The van der Waals surface area contributed by atoms with Crippen molar-refractivity contribution in [3.63, 3.8) is 0 Å². The second-order valence-electron chi connectivity index (χ2n) is 2.72. The van der Waals surface area contributed by atoms with Crippen molar-refractivity contribution in [2.75, 3.05) is 13.6 Å². The number of rotatable bonds is 4. The van der Waals surface area contributed by atoms with Crippen LogP contribution in [-0.2, 0) is 0 Å². The third-order valence-corrected chi connectivity index (χ3v) is 1.77. The van der Waals surface area contributed by atoms with E-state index in [9.17, 15) is 0 Å².